The Labute approximate surface area is 231 Å². The van der Waals surface area contributed by atoms with E-state index < -0.39 is 0 Å². The first kappa shape index (κ1) is 24.9. The molecule has 0 bridgehead atoms. The van der Waals surface area contributed by atoms with Crippen molar-refractivity contribution in [1.82, 2.24) is 14.9 Å². The fraction of sp³-hybridized carbons (Fsp3) is 0.333. The van der Waals surface area contributed by atoms with Crippen molar-refractivity contribution in [2.75, 3.05) is 53.2 Å². The van der Waals surface area contributed by atoms with Gasteiger partial charge in [-0.2, -0.15) is 4.98 Å². The van der Waals surface area contributed by atoms with Crippen LogP contribution in [0, 0.1) is 0 Å². The summed E-state index contributed by atoms with van der Waals surface area (Å²) in [5.41, 5.74) is 2.83. The van der Waals surface area contributed by atoms with Crippen LogP contribution in [0.4, 0.5) is 28.8 Å². The third-order valence-electron chi connectivity index (χ3n) is 7.49. The molecule has 4 heterocycles. The van der Waals surface area contributed by atoms with E-state index in [0.717, 1.165) is 18.8 Å². The molecule has 1 saturated heterocycles. The number of amides is 1. The molecule has 0 unspecified atom stereocenters. The Morgan fingerprint density at radius 3 is 2.37 bits per heavy atom. The van der Waals surface area contributed by atoms with Crippen LogP contribution in [0.25, 0.3) is 0 Å². The second-order valence-corrected chi connectivity index (χ2v) is 10.7. The summed E-state index contributed by atoms with van der Waals surface area (Å²) < 4.78 is 0. The number of nitrogens with zero attached hydrogens (tertiary/aromatic N) is 7. The highest BCUT2D eigenvalue weighted by atomic mass is 35.5. The zero-order valence-electron chi connectivity index (χ0n) is 21.4. The predicted molar refractivity (Wildman–Crippen MR) is 154 cm³/mol. The highest BCUT2D eigenvalue weighted by Crippen LogP contribution is 2.39. The molecule has 0 radical (unpaired) electrons. The third-order valence-corrected chi connectivity index (χ3v) is 8.10. The minimum absolute atomic E-state index is 0.321. The zero-order valence-corrected chi connectivity index (χ0v) is 22.9. The van der Waals surface area contributed by atoms with E-state index >= 15 is 0 Å². The first-order valence-corrected chi connectivity index (χ1v) is 13.4. The van der Waals surface area contributed by atoms with Gasteiger partial charge in [-0.3, -0.25) is 19.6 Å². The molecule has 1 N–H and O–H groups in total. The number of hydrogen-bond acceptors (Lipinski definition) is 8. The van der Waals surface area contributed by atoms with Gasteiger partial charge in [0.05, 0.1) is 22.3 Å². The van der Waals surface area contributed by atoms with E-state index in [1.165, 1.54) is 10.6 Å². The largest absolute Gasteiger partial charge is 0.368 e. The van der Waals surface area contributed by atoms with Crippen LogP contribution in [-0.4, -0.2) is 72.0 Å². The molecule has 38 heavy (non-hydrogen) atoms. The number of guanidine groups is 1. The Morgan fingerprint density at radius 2 is 1.68 bits per heavy atom. The Bertz CT molecular complexity index is 1400. The van der Waals surface area contributed by atoms with Crippen LogP contribution < -0.4 is 20.0 Å². The topological polar surface area (TPSA) is 80.2 Å². The van der Waals surface area contributed by atoms with E-state index in [1.807, 2.05) is 17.0 Å². The molecule has 1 aromatic heterocycles. The maximum absolute atomic E-state index is 13.6. The minimum atomic E-state index is -0.321. The smallest absolute Gasteiger partial charge is 0.270 e. The summed E-state index contributed by atoms with van der Waals surface area (Å²) in [5.74, 6) is 1.06. The monoisotopic (exact) mass is 550 g/mol. The first-order chi connectivity index (χ1) is 18.3. The number of benzene rings is 2. The molecule has 0 saturated carbocycles. The molecule has 9 nitrogen and oxygen atoms in total. The minimum Gasteiger partial charge on any atom is -0.368 e. The molecular weight excluding hydrogens is 523 g/mol. The number of rotatable bonds is 4. The standard InChI is InChI=1S/C27H28Cl2N8O/c1-16-14-35(15-17(2)34(16)3)19-9-7-18(8-10-19)32-26-31-13-20-24(33-26)36-12-11-30-27(36)37(25(20)38)23-21(28)5-4-6-22(23)29/h4-10,13,16-17H,11-12,14-15H2,1-3H3,(H,31,32,33)/t16-,17+. The SMILES string of the molecule is C[C@@H]1CN(c2ccc(Nc3ncc4c(n3)N3CCN=C3N(c3c(Cl)cccc3Cl)C4=O)cc2)C[C@H](C)N1C. The fourth-order valence-corrected chi connectivity index (χ4v) is 5.80. The van der Waals surface area contributed by atoms with Crippen molar-refractivity contribution in [2.24, 2.45) is 4.99 Å². The number of likely N-dealkylation sites (N-methyl/N-ethyl adjacent to an activating group) is 1. The van der Waals surface area contributed by atoms with Crippen molar-refractivity contribution in [3.8, 4) is 0 Å². The number of hydrogen-bond donors (Lipinski definition) is 1. The van der Waals surface area contributed by atoms with Gasteiger partial charge in [0.1, 0.15) is 5.56 Å². The van der Waals surface area contributed by atoms with E-state index in [1.54, 1.807) is 24.4 Å². The average Bonchev–Trinajstić information content (AvgIpc) is 3.39. The molecule has 1 amide bonds. The molecule has 2 atom stereocenters. The predicted octanol–water partition coefficient (Wildman–Crippen LogP) is 4.89. The second-order valence-electron chi connectivity index (χ2n) is 9.92. The van der Waals surface area contributed by atoms with Crippen molar-refractivity contribution in [3.05, 3.63) is 64.3 Å². The van der Waals surface area contributed by atoms with Crippen LogP contribution in [-0.2, 0) is 0 Å². The van der Waals surface area contributed by atoms with Gasteiger partial charge in [-0.15, -0.1) is 0 Å². The maximum Gasteiger partial charge on any atom is 0.270 e. The number of nitrogens with one attached hydrogen (secondary N) is 1. The van der Waals surface area contributed by atoms with Crippen LogP contribution in [0.1, 0.15) is 24.2 Å². The van der Waals surface area contributed by atoms with Crippen molar-refractivity contribution < 1.29 is 4.79 Å². The van der Waals surface area contributed by atoms with E-state index in [4.69, 9.17) is 28.2 Å². The summed E-state index contributed by atoms with van der Waals surface area (Å²) >= 11 is 12.9. The maximum atomic E-state index is 13.6. The molecule has 6 rings (SSSR count). The Balaban J connectivity index is 1.25. The number of piperazine rings is 1. The van der Waals surface area contributed by atoms with E-state index in [9.17, 15) is 4.79 Å². The van der Waals surface area contributed by atoms with Gasteiger partial charge in [0, 0.05) is 49.3 Å². The van der Waals surface area contributed by atoms with Crippen LogP contribution >= 0.6 is 23.2 Å². The molecule has 3 aliphatic rings. The number of para-hydroxylation sites is 1. The molecule has 2 aromatic carbocycles. The molecule has 196 valence electrons. The summed E-state index contributed by atoms with van der Waals surface area (Å²) in [7, 11) is 2.19. The van der Waals surface area contributed by atoms with Gasteiger partial charge in [-0.05, 0) is 57.3 Å². The summed E-state index contributed by atoms with van der Waals surface area (Å²) in [5, 5.41) is 4.02. The molecular formula is C27H28Cl2N8O. The number of anilines is 5. The fourth-order valence-electron chi connectivity index (χ4n) is 5.23. The van der Waals surface area contributed by atoms with Gasteiger partial charge < -0.3 is 10.2 Å². The van der Waals surface area contributed by atoms with E-state index in [-0.39, 0.29) is 5.91 Å². The number of carbonyl (C=O) groups excluding carboxylic acids is 1. The Kier molecular flexibility index (Phi) is 6.37. The Hall–Kier alpha value is -3.40. The lowest BCUT2D eigenvalue weighted by molar-refractivity contribution is 0.1000. The lowest BCUT2D eigenvalue weighted by atomic mass is 10.1. The molecule has 3 aliphatic heterocycles. The van der Waals surface area contributed by atoms with Crippen LogP contribution in [0.3, 0.4) is 0 Å². The number of aliphatic imine (C=N–C) groups is 1. The number of aromatic nitrogens is 2. The van der Waals surface area contributed by atoms with E-state index in [0.29, 0.717) is 64.2 Å². The molecule has 3 aromatic rings. The van der Waals surface area contributed by atoms with Gasteiger partial charge in [0.15, 0.2) is 5.82 Å². The Morgan fingerprint density at radius 1 is 1.00 bits per heavy atom. The molecule has 1 fully saturated rings. The summed E-state index contributed by atoms with van der Waals surface area (Å²) in [6.45, 7) is 7.61. The lowest BCUT2D eigenvalue weighted by Gasteiger charge is -2.43. The van der Waals surface area contributed by atoms with E-state index in [2.05, 4.69) is 58.1 Å². The summed E-state index contributed by atoms with van der Waals surface area (Å²) in [6.07, 6.45) is 1.54. The van der Waals surface area contributed by atoms with Crippen LogP contribution in [0.2, 0.25) is 10.0 Å². The highest BCUT2D eigenvalue weighted by molar-refractivity contribution is 6.43. The summed E-state index contributed by atoms with van der Waals surface area (Å²) in [6, 6.07) is 14.4. The van der Waals surface area contributed by atoms with Gasteiger partial charge >= 0.3 is 0 Å². The summed E-state index contributed by atoms with van der Waals surface area (Å²) in [4.78, 5) is 35.5. The number of halogens is 2. The first-order valence-electron chi connectivity index (χ1n) is 12.6. The zero-order chi connectivity index (χ0) is 26.6. The normalized spacial score (nSPS) is 21.3. The third kappa shape index (κ3) is 4.24. The second kappa shape index (κ2) is 9.72. The number of fused-ring (bicyclic) bond motifs is 3. The average molecular weight is 551 g/mol. The van der Waals surface area contributed by atoms with Crippen LogP contribution in [0.5, 0.6) is 0 Å². The van der Waals surface area contributed by atoms with Crippen molar-refractivity contribution >= 4 is 63.9 Å². The van der Waals surface area contributed by atoms with Crippen molar-refractivity contribution in [2.45, 2.75) is 25.9 Å². The van der Waals surface area contributed by atoms with Crippen molar-refractivity contribution in [3.63, 3.8) is 0 Å². The van der Waals surface area contributed by atoms with Crippen molar-refractivity contribution in [1.29, 1.82) is 0 Å². The van der Waals surface area contributed by atoms with Gasteiger partial charge in [0.25, 0.3) is 5.91 Å². The number of carbonyl (C=O) groups is 1. The molecule has 0 spiro atoms. The van der Waals surface area contributed by atoms with Gasteiger partial charge in [-0.25, -0.2) is 9.88 Å². The molecule has 11 heteroatoms. The molecule has 0 aliphatic carbocycles. The van der Waals surface area contributed by atoms with Crippen LogP contribution in [0.15, 0.2) is 53.7 Å². The lowest BCUT2D eigenvalue weighted by Crippen LogP contribution is -2.55. The van der Waals surface area contributed by atoms with Gasteiger partial charge in [-0.1, -0.05) is 29.3 Å². The highest BCUT2D eigenvalue weighted by Gasteiger charge is 2.41. The van der Waals surface area contributed by atoms with Gasteiger partial charge in [0.2, 0.25) is 11.9 Å². The quantitative estimate of drug-likeness (QED) is 0.495.